The largest absolute Gasteiger partial charge is 0.486 e. The smallest absolute Gasteiger partial charge is 0.225 e. The van der Waals surface area contributed by atoms with E-state index in [1.807, 2.05) is 17.0 Å². The average Bonchev–Trinajstić information content (AvgIpc) is 2.89. The van der Waals surface area contributed by atoms with Crippen LogP contribution in [0, 0.1) is 5.92 Å². The van der Waals surface area contributed by atoms with Crippen LogP contribution in [0.4, 0.5) is 11.5 Å². The number of fused-ring (bicyclic) bond motifs is 1. The predicted octanol–water partition coefficient (Wildman–Crippen LogP) is 2.86. The Hall–Kier alpha value is -3.66. The van der Waals surface area contributed by atoms with Crippen LogP contribution in [0.3, 0.4) is 0 Å². The third-order valence-corrected chi connectivity index (χ3v) is 7.72. The highest BCUT2D eigenvalue weighted by Crippen LogP contribution is 2.41. The molecule has 5 rings (SSSR count). The number of piperidine rings is 2. The Morgan fingerprint density at radius 1 is 1.19 bits per heavy atom. The van der Waals surface area contributed by atoms with Crippen molar-refractivity contribution in [1.29, 1.82) is 0 Å². The number of hydrogen-bond donors (Lipinski definition) is 3. The van der Waals surface area contributed by atoms with E-state index in [1.165, 1.54) is 6.92 Å². The van der Waals surface area contributed by atoms with E-state index >= 15 is 0 Å². The summed E-state index contributed by atoms with van der Waals surface area (Å²) in [5.74, 6) is 1.27. The van der Waals surface area contributed by atoms with Gasteiger partial charge < -0.3 is 25.9 Å². The summed E-state index contributed by atoms with van der Waals surface area (Å²) in [4.78, 5) is 33.1. The molecule has 3 aliphatic rings. The fourth-order valence-electron chi connectivity index (χ4n) is 5.75. The summed E-state index contributed by atoms with van der Waals surface area (Å²) in [7, 11) is 0. The molecule has 10 nitrogen and oxygen atoms in total. The number of pyridine rings is 1. The molecule has 1 spiro atoms. The van der Waals surface area contributed by atoms with Gasteiger partial charge in [-0.25, -0.2) is 4.98 Å². The highest BCUT2D eigenvalue weighted by molar-refractivity contribution is 6.05. The molecular formula is C27H34N6O4. The molecule has 0 saturated carbocycles. The van der Waals surface area contributed by atoms with E-state index in [4.69, 9.17) is 10.5 Å². The van der Waals surface area contributed by atoms with Gasteiger partial charge in [-0.1, -0.05) is 5.16 Å². The number of carbonyl (C=O) groups is 2. The summed E-state index contributed by atoms with van der Waals surface area (Å²) in [5.41, 5.74) is 8.29. The number of amides is 2. The van der Waals surface area contributed by atoms with Crippen molar-refractivity contribution in [3.63, 3.8) is 0 Å². The lowest BCUT2D eigenvalue weighted by Crippen LogP contribution is -2.53. The zero-order valence-electron chi connectivity index (χ0n) is 21.2. The number of nitrogens with one attached hydrogen (secondary N) is 1. The lowest BCUT2D eigenvalue weighted by molar-refractivity contribution is -0.140. The second-order valence-electron chi connectivity index (χ2n) is 10.4. The normalized spacial score (nSPS) is 20.9. The van der Waals surface area contributed by atoms with Crippen molar-refractivity contribution < 1.29 is 19.5 Å². The number of oxime groups is 1. The molecular weight excluding hydrogens is 472 g/mol. The van der Waals surface area contributed by atoms with Crippen LogP contribution >= 0.6 is 0 Å². The first kappa shape index (κ1) is 25.0. The Labute approximate surface area is 216 Å². The number of nitrogens with zero attached hydrogens (tertiary/aromatic N) is 4. The summed E-state index contributed by atoms with van der Waals surface area (Å²) < 4.78 is 6.44. The van der Waals surface area contributed by atoms with Gasteiger partial charge in [-0.3, -0.25) is 14.5 Å². The minimum Gasteiger partial charge on any atom is -0.486 e. The number of aromatic nitrogens is 1. The minimum atomic E-state index is -0.503. The van der Waals surface area contributed by atoms with Gasteiger partial charge in [-0.05, 0) is 61.8 Å². The molecule has 2 fully saturated rings. The number of rotatable bonds is 4. The van der Waals surface area contributed by atoms with E-state index in [-0.39, 0.29) is 17.7 Å². The third kappa shape index (κ3) is 5.53. The maximum Gasteiger partial charge on any atom is 0.225 e. The molecule has 2 aromatic rings. The molecule has 196 valence electrons. The highest BCUT2D eigenvalue weighted by atomic mass is 16.5. The van der Waals surface area contributed by atoms with Gasteiger partial charge in [0.15, 0.2) is 0 Å². The topological polar surface area (TPSA) is 133 Å². The van der Waals surface area contributed by atoms with Crippen LogP contribution in [0.5, 0.6) is 5.75 Å². The summed E-state index contributed by atoms with van der Waals surface area (Å²) in [6.07, 6.45) is 5.24. The van der Waals surface area contributed by atoms with E-state index in [0.29, 0.717) is 60.9 Å². The molecule has 0 radical (unpaired) electrons. The number of ether oxygens (including phenoxy) is 1. The van der Waals surface area contributed by atoms with E-state index in [9.17, 15) is 14.8 Å². The van der Waals surface area contributed by atoms with E-state index in [0.717, 1.165) is 38.0 Å². The van der Waals surface area contributed by atoms with Crippen LogP contribution < -0.4 is 15.8 Å². The Morgan fingerprint density at radius 3 is 2.62 bits per heavy atom. The van der Waals surface area contributed by atoms with Crippen molar-refractivity contribution >= 4 is 29.0 Å². The second-order valence-corrected chi connectivity index (χ2v) is 10.4. The molecule has 1 aromatic heterocycles. The van der Waals surface area contributed by atoms with Gasteiger partial charge in [-0.15, -0.1) is 0 Å². The number of benzene rings is 1. The molecule has 1 aromatic carbocycles. The van der Waals surface area contributed by atoms with Crippen LogP contribution in [0.25, 0.3) is 0 Å². The third-order valence-electron chi connectivity index (χ3n) is 7.72. The lowest BCUT2D eigenvalue weighted by atomic mass is 9.81. The molecule has 0 aliphatic carbocycles. The molecule has 0 bridgehead atoms. The fourth-order valence-corrected chi connectivity index (χ4v) is 5.75. The lowest BCUT2D eigenvalue weighted by Gasteiger charge is -2.45. The molecule has 10 heteroatoms. The number of nitrogen functional groups attached to an aromatic ring is 1. The predicted molar refractivity (Wildman–Crippen MR) is 140 cm³/mol. The first-order chi connectivity index (χ1) is 17.8. The van der Waals surface area contributed by atoms with Crippen molar-refractivity contribution in [2.75, 3.05) is 37.2 Å². The van der Waals surface area contributed by atoms with E-state index in [1.54, 1.807) is 24.4 Å². The molecule has 2 amide bonds. The molecule has 2 saturated heterocycles. The van der Waals surface area contributed by atoms with Gasteiger partial charge in [-0.2, -0.15) is 0 Å². The number of nitrogens with two attached hydrogens (primary N) is 1. The standard InChI is InChI=1S/C27H34N6O4/c1-18(34)30-21-2-3-24-22(15-21)23(31-36)16-27(37-24)7-12-33(13-8-27)26(35)20-5-10-32(11-6-20)17-19-4-9-29-25(28)14-19/h2-4,9,14-15,20,36H,5-8,10-13,16-17H2,1H3,(H2,28,29)(H,30,34)/b31-23-. The van der Waals surface area contributed by atoms with Crippen LogP contribution in [0.2, 0.25) is 0 Å². The highest BCUT2D eigenvalue weighted by Gasteiger charge is 2.44. The van der Waals surface area contributed by atoms with Crippen molar-refractivity contribution in [2.45, 2.75) is 51.2 Å². The van der Waals surface area contributed by atoms with Gasteiger partial charge in [0.05, 0.1) is 5.71 Å². The molecule has 37 heavy (non-hydrogen) atoms. The first-order valence-corrected chi connectivity index (χ1v) is 12.9. The van der Waals surface area contributed by atoms with Gasteiger partial charge in [0.2, 0.25) is 11.8 Å². The van der Waals surface area contributed by atoms with Crippen LogP contribution in [0.15, 0.2) is 41.7 Å². The number of anilines is 2. The molecule has 0 unspecified atom stereocenters. The summed E-state index contributed by atoms with van der Waals surface area (Å²) in [6, 6.07) is 9.24. The number of carbonyl (C=O) groups excluding carboxylic acids is 2. The Balaban J connectivity index is 1.16. The fraction of sp³-hybridized carbons (Fsp3) is 0.481. The summed E-state index contributed by atoms with van der Waals surface area (Å²) in [6.45, 7) is 5.27. The minimum absolute atomic E-state index is 0.0440. The van der Waals surface area contributed by atoms with Crippen molar-refractivity contribution in [2.24, 2.45) is 11.1 Å². The van der Waals surface area contributed by atoms with E-state index < -0.39 is 5.60 Å². The zero-order chi connectivity index (χ0) is 26.0. The summed E-state index contributed by atoms with van der Waals surface area (Å²) in [5, 5.41) is 16.0. The van der Waals surface area contributed by atoms with Gasteiger partial charge >= 0.3 is 0 Å². The average molecular weight is 507 g/mol. The van der Waals surface area contributed by atoms with E-state index in [2.05, 4.69) is 20.4 Å². The van der Waals surface area contributed by atoms with Crippen LogP contribution in [0.1, 0.15) is 50.2 Å². The maximum atomic E-state index is 13.3. The molecule has 0 atom stereocenters. The second kappa shape index (κ2) is 10.4. The van der Waals surface area contributed by atoms with Crippen LogP contribution in [-0.4, -0.2) is 69.3 Å². The monoisotopic (exact) mass is 506 g/mol. The number of likely N-dealkylation sites (tertiary alicyclic amines) is 2. The van der Waals surface area contributed by atoms with Gasteiger partial charge in [0.1, 0.15) is 17.2 Å². The van der Waals surface area contributed by atoms with Gasteiger partial charge in [0.25, 0.3) is 0 Å². The molecule has 4 N–H and O–H groups in total. The quantitative estimate of drug-likeness (QED) is 0.429. The Morgan fingerprint density at radius 2 is 1.95 bits per heavy atom. The Kier molecular flexibility index (Phi) is 7.01. The van der Waals surface area contributed by atoms with Crippen molar-refractivity contribution in [1.82, 2.24) is 14.8 Å². The number of hydrogen-bond acceptors (Lipinski definition) is 8. The molecule has 3 aliphatic heterocycles. The molecule has 4 heterocycles. The maximum absolute atomic E-state index is 13.3. The van der Waals surface area contributed by atoms with Crippen LogP contribution in [-0.2, 0) is 16.1 Å². The first-order valence-electron chi connectivity index (χ1n) is 12.9. The van der Waals surface area contributed by atoms with Crippen molar-refractivity contribution in [3.05, 3.63) is 47.7 Å². The van der Waals surface area contributed by atoms with Gasteiger partial charge in [0, 0.05) is 69.2 Å². The Bertz CT molecular complexity index is 1200. The van der Waals surface area contributed by atoms with Crippen molar-refractivity contribution in [3.8, 4) is 5.75 Å². The summed E-state index contributed by atoms with van der Waals surface area (Å²) >= 11 is 0. The zero-order valence-corrected chi connectivity index (χ0v) is 21.2. The SMILES string of the molecule is CC(=O)Nc1ccc2c(c1)/C(=N\O)CC1(CCN(C(=O)C3CCN(Cc4ccnc(N)c4)CC3)CC1)O2.